The molecular formula is C19H24ClIN4O2. The van der Waals surface area contributed by atoms with Crippen LogP contribution < -0.4 is 20.7 Å². The molecule has 0 aliphatic carbocycles. The van der Waals surface area contributed by atoms with Gasteiger partial charge in [0.25, 0.3) is 0 Å². The largest absolute Gasteiger partial charge is 0.495 e. The molecule has 1 aliphatic rings. The van der Waals surface area contributed by atoms with E-state index in [1.54, 1.807) is 19.2 Å². The zero-order valence-corrected chi connectivity index (χ0v) is 18.2. The van der Waals surface area contributed by atoms with Crippen molar-refractivity contribution in [3.05, 3.63) is 53.1 Å². The van der Waals surface area contributed by atoms with Gasteiger partial charge in [0.05, 0.1) is 31.9 Å². The van der Waals surface area contributed by atoms with Gasteiger partial charge >= 0.3 is 0 Å². The molecule has 0 saturated carbocycles. The normalized spacial score (nSPS) is 14.4. The van der Waals surface area contributed by atoms with E-state index in [0.717, 1.165) is 37.6 Å². The average Bonchev–Trinajstić information content (AvgIpc) is 2.68. The highest BCUT2D eigenvalue weighted by atomic mass is 127. The molecule has 8 heteroatoms. The number of guanidine groups is 1. The molecule has 0 bridgehead atoms. The quantitative estimate of drug-likeness (QED) is 0.370. The molecule has 2 aromatic rings. The summed E-state index contributed by atoms with van der Waals surface area (Å²) in [6.07, 6.45) is 0. The van der Waals surface area contributed by atoms with Crippen molar-refractivity contribution in [1.82, 2.24) is 0 Å². The van der Waals surface area contributed by atoms with E-state index in [-0.39, 0.29) is 24.0 Å². The minimum absolute atomic E-state index is 0. The lowest BCUT2D eigenvalue weighted by molar-refractivity contribution is 0.122. The van der Waals surface area contributed by atoms with Crippen molar-refractivity contribution in [1.29, 1.82) is 0 Å². The Kier molecular flexibility index (Phi) is 8.46. The van der Waals surface area contributed by atoms with Crippen molar-refractivity contribution in [2.24, 2.45) is 10.7 Å². The lowest BCUT2D eigenvalue weighted by Gasteiger charge is -2.28. The van der Waals surface area contributed by atoms with Crippen molar-refractivity contribution >= 4 is 52.9 Å². The molecule has 3 rings (SSSR count). The molecule has 1 fully saturated rings. The zero-order chi connectivity index (χ0) is 18.4. The highest BCUT2D eigenvalue weighted by Crippen LogP contribution is 2.27. The summed E-state index contributed by atoms with van der Waals surface area (Å²) in [5.41, 5.74) is 9.03. The van der Waals surface area contributed by atoms with Crippen LogP contribution in [-0.4, -0.2) is 39.4 Å². The molecule has 146 valence electrons. The molecule has 1 heterocycles. The maximum atomic E-state index is 6.11. The smallest absolute Gasteiger partial charge is 0.193 e. The molecule has 1 saturated heterocycles. The van der Waals surface area contributed by atoms with Crippen molar-refractivity contribution < 1.29 is 9.47 Å². The van der Waals surface area contributed by atoms with Crippen LogP contribution in [0.4, 0.5) is 11.4 Å². The van der Waals surface area contributed by atoms with E-state index < -0.39 is 0 Å². The Morgan fingerprint density at radius 2 is 1.93 bits per heavy atom. The first-order chi connectivity index (χ1) is 12.7. The molecule has 0 amide bonds. The number of hydrogen-bond acceptors (Lipinski definition) is 4. The Bertz CT molecular complexity index is 765. The number of anilines is 2. The van der Waals surface area contributed by atoms with Crippen LogP contribution in [0, 0.1) is 0 Å². The number of aliphatic imine (C=N–C) groups is 1. The Morgan fingerprint density at radius 3 is 2.56 bits per heavy atom. The second-order valence-electron chi connectivity index (χ2n) is 5.94. The third kappa shape index (κ3) is 6.15. The van der Waals surface area contributed by atoms with Gasteiger partial charge in [-0.15, -0.1) is 24.0 Å². The summed E-state index contributed by atoms with van der Waals surface area (Å²) < 4.78 is 10.5. The molecular weight excluding hydrogens is 479 g/mol. The van der Waals surface area contributed by atoms with Crippen molar-refractivity contribution in [3.63, 3.8) is 0 Å². The van der Waals surface area contributed by atoms with Gasteiger partial charge in [-0.2, -0.15) is 0 Å². The van der Waals surface area contributed by atoms with Gasteiger partial charge in [0.1, 0.15) is 5.75 Å². The molecule has 6 nitrogen and oxygen atoms in total. The number of rotatable bonds is 5. The zero-order valence-electron chi connectivity index (χ0n) is 15.2. The van der Waals surface area contributed by atoms with Gasteiger partial charge in [0.15, 0.2) is 5.96 Å². The molecule has 1 aliphatic heterocycles. The molecule has 0 unspecified atom stereocenters. The van der Waals surface area contributed by atoms with E-state index in [1.165, 1.54) is 5.69 Å². The number of nitrogens with one attached hydrogen (secondary N) is 1. The summed E-state index contributed by atoms with van der Waals surface area (Å²) in [6, 6.07) is 13.7. The lowest BCUT2D eigenvalue weighted by atomic mass is 10.2. The maximum absolute atomic E-state index is 6.11. The van der Waals surface area contributed by atoms with Crippen molar-refractivity contribution in [2.75, 3.05) is 43.6 Å². The van der Waals surface area contributed by atoms with E-state index in [9.17, 15) is 0 Å². The van der Waals surface area contributed by atoms with Crippen LogP contribution >= 0.6 is 35.6 Å². The number of methoxy groups -OCH3 is 1. The third-order valence-corrected chi connectivity index (χ3v) is 4.46. The van der Waals surface area contributed by atoms with Crippen molar-refractivity contribution in [3.8, 4) is 5.75 Å². The van der Waals surface area contributed by atoms with Crippen LogP contribution in [0.3, 0.4) is 0 Å². The number of nitrogens with two attached hydrogens (primary N) is 1. The van der Waals surface area contributed by atoms with Gasteiger partial charge in [-0.05, 0) is 35.9 Å². The molecule has 0 spiro atoms. The number of nitrogens with zero attached hydrogens (tertiary/aromatic N) is 2. The van der Waals surface area contributed by atoms with Gasteiger partial charge in [0.2, 0.25) is 0 Å². The summed E-state index contributed by atoms with van der Waals surface area (Å²) in [5.74, 6) is 0.955. The molecule has 3 N–H and O–H groups in total. The number of ether oxygens (including phenoxy) is 2. The van der Waals surface area contributed by atoms with Gasteiger partial charge in [0, 0.05) is 24.5 Å². The highest BCUT2D eigenvalue weighted by Gasteiger charge is 2.10. The van der Waals surface area contributed by atoms with Crippen LogP contribution in [0.5, 0.6) is 5.75 Å². The highest BCUT2D eigenvalue weighted by molar-refractivity contribution is 14.0. The molecule has 0 atom stereocenters. The maximum Gasteiger partial charge on any atom is 0.193 e. The standard InChI is InChI=1S/C19H23ClN4O2.HI/c1-25-18-7-4-15(12-17(18)20)23-19(21)22-13-14-2-5-16(6-3-14)24-8-10-26-11-9-24;/h2-7,12H,8-11,13H2,1H3,(H3,21,22,23);1H. The van der Waals surface area contributed by atoms with Crippen molar-refractivity contribution in [2.45, 2.75) is 6.54 Å². The minimum atomic E-state index is 0. The first-order valence-corrected chi connectivity index (χ1v) is 8.85. The van der Waals surface area contributed by atoms with Crippen LogP contribution in [0.1, 0.15) is 5.56 Å². The van der Waals surface area contributed by atoms with E-state index in [1.807, 2.05) is 6.07 Å². The second kappa shape index (κ2) is 10.6. The van der Waals surface area contributed by atoms with Crippen LogP contribution in [0.15, 0.2) is 47.5 Å². The Labute approximate surface area is 181 Å². The number of benzene rings is 2. The Balaban J connectivity index is 0.00000261. The molecule has 27 heavy (non-hydrogen) atoms. The fourth-order valence-electron chi connectivity index (χ4n) is 2.74. The predicted octanol–water partition coefficient (Wildman–Crippen LogP) is 3.73. The topological polar surface area (TPSA) is 72.1 Å². The summed E-state index contributed by atoms with van der Waals surface area (Å²) in [7, 11) is 1.58. The number of halogens is 2. The van der Waals surface area contributed by atoms with E-state index in [0.29, 0.717) is 23.3 Å². The van der Waals surface area contributed by atoms with Crippen LogP contribution in [-0.2, 0) is 11.3 Å². The summed E-state index contributed by atoms with van der Waals surface area (Å²) in [4.78, 5) is 6.70. The lowest BCUT2D eigenvalue weighted by Crippen LogP contribution is -2.36. The predicted molar refractivity (Wildman–Crippen MR) is 122 cm³/mol. The van der Waals surface area contributed by atoms with Gasteiger partial charge in [-0.1, -0.05) is 23.7 Å². The summed E-state index contributed by atoms with van der Waals surface area (Å²) in [6.45, 7) is 3.93. The van der Waals surface area contributed by atoms with E-state index in [4.69, 9.17) is 26.8 Å². The fraction of sp³-hybridized carbons (Fsp3) is 0.316. The van der Waals surface area contributed by atoms with Gasteiger partial charge in [-0.25, -0.2) is 4.99 Å². The number of hydrogen-bond donors (Lipinski definition) is 2. The monoisotopic (exact) mass is 502 g/mol. The molecule has 0 aromatic heterocycles. The average molecular weight is 503 g/mol. The van der Waals surface area contributed by atoms with E-state index >= 15 is 0 Å². The third-order valence-electron chi connectivity index (χ3n) is 4.17. The van der Waals surface area contributed by atoms with Gasteiger partial charge < -0.3 is 25.4 Å². The van der Waals surface area contributed by atoms with Crippen LogP contribution in [0.2, 0.25) is 5.02 Å². The summed E-state index contributed by atoms with van der Waals surface area (Å²) >= 11 is 6.11. The minimum Gasteiger partial charge on any atom is -0.495 e. The Morgan fingerprint density at radius 1 is 1.22 bits per heavy atom. The molecule has 2 aromatic carbocycles. The Hall–Kier alpha value is -1.71. The second-order valence-corrected chi connectivity index (χ2v) is 6.35. The summed E-state index contributed by atoms with van der Waals surface area (Å²) in [5, 5.41) is 3.55. The fourth-order valence-corrected chi connectivity index (χ4v) is 3.00. The molecule has 0 radical (unpaired) electrons. The number of morpholine rings is 1. The first kappa shape index (κ1) is 21.6. The van der Waals surface area contributed by atoms with E-state index in [2.05, 4.69) is 39.5 Å². The SMILES string of the molecule is COc1ccc(NC(N)=NCc2ccc(N3CCOCC3)cc2)cc1Cl.I. The van der Waals surface area contributed by atoms with Gasteiger partial charge in [-0.3, -0.25) is 0 Å². The van der Waals surface area contributed by atoms with Crippen LogP contribution in [0.25, 0.3) is 0 Å². The first-order valence-electron chi connectivity index (χ1n) is 8.48.